The van der Waals surface area contributed by atoms with E-state index in [1.165, 1.54) is 13.0 Å². The second kappa shape index (κ2) is 3.01. The molecule has 60 valence electrons. The van der Waals surface area contributed by atoms with E-state index in [4.69, 9.17) is 5.26 Å². The average Bonchev–Trinajstić information content (AvgIpc) is 2.03. The van der Waals surface area contributed by atoms with E-state index < -0.39 is 0 Å². The van der Waals surface area contributed by atoms with Crippen LogP contribution < -0.4 is 5.43 Å². The van der Waals surface area contributed by atoms with Gasteiger partial charge in [-0.15, -0.1) is 0 Å². The van der Waals surface area contributed by atoms with Crippen molar-refractivity contribution in [2.75, 3.05) is 0 Å². The molecule has 0 spiro atoms. The minimum Gasteiger partial charge on any atom is -0.344 e. The number of carbonyl (C=O) groups excluding carboxylic acids is 1. The molecule has 0 aliphatic heterocycles. The number of rotatable bonds is 1. The lowest BCUT2D eigenvalue weighted by atomic mass is 10.2. The molecule has 4 heteroatoms. The Morgan fingerprint density at radius 1 is 1.58 bits per heavy atom. The van der Waals surface area contributed by atoms with Crippen LogP contribution in [0.1, 0.15) is 23.1 Å². The van der Waals surface area contributed by atoms with E-state index in [1.54, 1.807) is 6.07 Å². The summed E-state index contributed by atoms with van der Waals surface area (Å²) in [6.45, 7) is 1.33. The summed E-state index contributed by atoms with van der Waals surface area (Å²) in [4.78, 5) is 24.2. The Hall–Kier alpha value is -1.89. The number of nitrogens with one attached hydrogen (secondary N) is 1. The quantitative estimate of drug-likeness (QED) is 0.609. The highest BCUT2D eigenvalue weighted by atomic mass is 16.1. The number of H-pyrrole nitrogens is 1. The normalized spacial score (nSPS) is 9.00. The van der Waals surface area contributed by atoms with Crippen LogP contribution in [0.2, 0.25) is 0 Å². The Morgan fingerprint density at radius 2 is 2.25 bits per heavy atom. The highest BCUT2D eigenvalue weighted by Crippen LogP contribution is 1.94. The van der Waals surface area contributed by atoms with Crippen molar-refractivity contribution in [2.45, 2.75) is 6.92 Å². The Bertz CT molecular complexity index is 412. The molecule has 0 aromatic carbocycles. The van der Waals surface area contributed by atoms with Crippen molar-refractivity contribution in [3.05, 3.63) is 33.7 Å². The monoisotopic (exact) mass is 162 g/mol. The third-order valence-corrected chi connectivity index (χ3v) is 1.34. The van der Waals surface area contributed by atoms with Gasteiger partial charge in [-0.05, 0) is 0 Å². The first-order chi connectivity index (χ1) is 5.63. The van der Waals surface area contributed by atoms with Crippen molar-refractivity contribution in [3.8, 4) is 6.07 Å². The smallest absolute Gasteiger partial charge is 0.183 e. The van der Waals surface area contributed by atoms with Crippen molar-refractivity contribution in [2.24, 2.45) is 0 Å². The first kappa shape index (κ1) is 8.21. The van der Waals surface area contributed by atoms with Crippen LogP contribution in [-0.2, 0) is 0 Å². The molecule has 1 aromatic rings. The zero-order chi connectivity index (χ0) is 9.14. The summed E-state index contributed by atoms with van der Waals surface area (Å²) in [5.74, 6) is -0.260. The molecule has 0 atom stereocenters. The summed E-state index contributed by atoms with van der Waals surface area (Å²) < 4.78 is 0. The standard InChI is InChI=1S/C8H6N2O2/c1-5(11)8-3-7(12)2-6(4-9)10-8/h2-3H,1H3,(H,10,12). The number of hydrogen-bond donors (Lipinski definition) is 1. The lowest BCUT2D eigenvalue weighted by molar-refractivity contribution is 0.101. The molecule has 1 rings (SSSR count). The van der Waals surface area contributed by atoms with E-state index in [9.17, 15) is 9.59 Å². The summed E-state index contributed by atoms with van der Waals surface area (Å²) in [6, 6.07) is 4.07. The predicted octanol–water partition coefficient (Wildman–Crippen LogP) is 0.449. The first-order valence-corrected chi connectivity index (χ1v) is 3.29. The van der Waals surface area contributed by atoms with E-state index in [0.29, 0.717) is 0 Å². The SMILES string of the molecule is CC(=O)c1cc(=O)cc(C#N)[nH]1. The molecule has 0 bridgehead atoms. The minimum atomic E-state index is -0.337. The fraction of sp³-hybridized carbons (Fsp3) is 0.125. The van der Waals surface area contributed by atoms with Crippen LogP contribution in [-0.4, -0.2) is 10.8 Å². The van der Waals surface area contributed by atoms with E-state index in [0.717, 1.165) is 6.07 Å². The molecule has 1 aromatic heterocycles. The lowest BCUT2D eigenvalue weighted by Crippen LogP contribution is -2.07. The van der Waals surface area contributed by atoms with Crippen LogP contribution >= 0.6 is 0 Å². The summed E-state index contributed by atoms with van der Waals surface area (Å²) in [6.07, 6.45) is 0. The minimum absolute atomic E-state index is 0.104. The molecule has 0 amide bonds. The third-order valence-electron chi connectivity index (χ3n) is 1.34. The van der Waals surface area contributed by atoms with Crippen LogP contribution in [0.25, 0.3) is 0 Å². The number of nitrogens with zero attached hydrogens (tertiary/aromatic N) is 1. The summed E-state index contributed by atoms with van der Waals surface area (Å²) in [5, 5.41) is 8.44. The van der Waals surface area contributed by atoms with Crippen molar-refractivity contribution in [3.63, 3.8) is 0 Å². The number of aromatic nitrogens is 1. The van der Waals surface area contributed by atoms with Crippen molar-refractivity contribution >= 4 is 5.78 Å². The van der Waals surface area contributed by atoms with Gasteiger partial charge < -0.3 is 4.98 Å². The van der Waals surface area contributed by atoms with Crippen LogP contribution in [0.4, 0.5) is 0 Å². The highest BCUT2D eigenvalue weighted by Gasteiger charge is 2.01. The van der Waals surface area contributed by atoms with Gasteiger partial charge in [0.1, 0.15) is 11.8 Å². The van der Waals surface area contributed by atoms with E-state index >= 15 is 0 Å². The zero-order valence-corrected chi connectivity index (χ0v) is 6.42. The van der Waals surface area contributed by atoms with E-state index in [1.807, 2.05) is 0 Å². The largest absolute Gasteiger partial charge is 0.344 e. The number of Topliss-reactive ketones (excluding diaryl/α,β-unsaturated/α-hetero) is 1. The van der Waals surface area contributed by atoms with Crippen LogP contribution in [0.5, 0.6) is 0 Å². The molecule has 0 saturated heterocycles. The molecule has 0 aliphatic rings. The topological polar surface area (TPSA) is 73.7 Å². The molecule has 0 aliphatic carbocycles. The fourth-order valence-corrected chi connectivity index (χ4v) is 0.793. The molecular formula is C8H6N2O2. The average molecular weight is 162 g/mol. The Morgan fingerprint density at radius 3 is 2.75 bits per heavy atom. The van der Waals surface area contributed by atoms with E-state index in [-0.39, 0.29) is 22.6 Å². The van der Waals surface area contributed by atoms with Gasteiger partial charge in [0.2, 0.25) is 0 Å². The highest BCUT2D eigenvalue weighted by molar-refractivity contribution is 5.92. The molecule has 0 fully saturated rings. The second-order valence-electron chi connectivity index (χ2n) is 2.31. The van der Waals surface area contributed by atoms with Gasteiger partial charge >= 0.3 is 0 Å². The number of ketones is 1. The van der Waals surface area contributed by atoms with E-state index in [2.05, 4.69) is 4.98 Å². The van der Waals surface area contributed by atoms with Gasteiger partial charge in [-0.1, -0.05) is 0 Å². The maximum absolute atomic E-state index is 10.9. The van der Waals surface area contributed by atoms with Gasteiger partial charge in [-0.25, -0.2) is 0 Å². The van der Waals surface area contributed by atoms with Gasteiger partial charge in [0, 0.05) is 19.1 Å². The molecule has 1 heterocycles. The van der Waals surface area contributed by atoms with Crippen LogP contribution in [0, 0.1) is 11.3 Å². The number of pyridine rings is 1. The number of hydrogen-bond acceptors (Lipinski definition) is 3. The molecule has 0 unspecified atom stereocenters. The molecule has 4 nitrogen and oxygen atoms in total. The molecule has 0 radical (unpaired) electrons. The Labute approximate surface area is 68.5 Å². The summed E-state index contributed by atoms with van der Waals surface area (Å²) >= 11 is 0. The van der Waals surface area contributed by atoms with Crippen LogP contribution in [0.3, 0.4) is 0 Å². The third kappa shape index (κ3) is 1.58. The second-order valence-corrected chi connectivity index (χ2v) is 2.31. The molecule has 12 heavy (non-hydrogen) atoms. The van der Waals surface area contributed by atoms with Gasteiger partial charge in [0.05, 0.1) is 5.69 Å². The number of carbonyl (C=O) groups is 1. The van der Waals surface area contributed by atoms with Crippen molar-refractivity contribution in [1.29, 1.82) is 5.26 Å². The van der Waals surface area contributed by atoms with Gasteiger partial charge in [-0.2, -0.15) is 5.26 Å². The summed E-state index contributed by atoms with van der Waals surface area (Å²) in [7, 11) is 0. The Balaban J connectivity index is 3.36. The molecule has 0 saturated carbocycles. The molecular weight excluding hydrogens is 156 g/mol. The number of nitriles is 1. The van der Waals surface area contributed by atoms with Crippen molar-refractivity contribution < 1.29 is 4.79 Å². The summed E-state index contributed by atoms with van der Waals surface area (Å²) in [5.41, 5.74) is -0.0674. The maximum atomic E-state index is 10.9. The lowest BCUT2D eigenvalue weighted by Gasteiger charge is -1.94. The maximum Gasteiger partial charge on any atom is 0.183 e. The van der Waals surface area contributed by atoms with Gasteiger partial charge in [0.15, 0.2) is 11.2 Å². The fourth-order valence-electron chi connectivity index (χ4n) is 0.793. The molecule has 1 N–H and O–H groups in total. The number of aromatic amines is 1. The first-order valence-electron chi connectivity index (χ1n) is 3.29. The van der Waals surface area contributed by atoms with Crippen LogP contribution in [0.15, 0.2) is 16.9 Å². The van der Waals surface area contributed by atoms with Gasteiger partial charge in [-0.3, -0.25) is 9.59 Å². The zero-order valence-electron chi connectivity index (χ0n) is 6.42. The Kier molecular flexibility index (Phi) is 2.06. The predicted molar refractivity (Wildman–Crippen MR) is 41.8 cm³/mol. The van der Waals surface area contributed by atoms with Gasteiger partial charge in [0.25, 0.3) is 0 Å². The van der Waals surface area contributed by atoms with Crippen molar-refractivity contribution in [1.82, 2.24) is 4.98 Å².